The molecular formula is C17H17N5O2S. The predicted molar refractivity (Wildman–Crippen MR) is 98.6 cm³/mol. The Bertz CT molecular complexity index is 895. The van der Waals surface area contributed by atoms with Crippen molar-refractivity contribution in [2.24, 2.45) is 0 Å². The molecule has 25 heavy (non-hydrogen) atoms. The Morgan fingerprint density at radius 2 is 1.92 bits per heavy atom. The first-order chi connectivity index (χ1) is 12.0. The van der Waals surface area contributed by atoms with E-state index in [1.165, 1.54) is 22.4 Å². The number of nitrogens with two attached hydrogens (primary N) is 1. The van der Waals surface area contributed by atoms with Crippen molar-refractivity contribution in [2.75, 3.05) is 10.6 Å². The fourth-order valence-electron chi connectivity index (χ4n) is 2.37. The van der Waals surface area contributed by atoms with Crippen molar-refractivity contribution in [1.82, 2.24) is 15.0 Å². The van der Waals surface area contributed by atoms with Gasteiger partial charge in [0.15, 0.2) is 0 Å². The van der Waals surface area contributed by atoms with E-state index in [0.29, 0.717) is 27.2 Å². The van der Waals surface area contributed by atoms with Crippen molar-refractivity contribution < 1.29 is 9.90 Å². The molecule has 0 spiro atoms. The van der Waals surface area contributed by atoms with Gasteiger partial charge in [0.25, 0.3) is 0 Å². The minimum absolute atomic E-state index is 0.191. The van der Waals surface area contributed by atoms with E-state index in [-0.39, 0.29) is 6.04 Å². The summed E-state index contributed by atoms with van der Waals surface area (Å²) in [6.07, 6.45) is 2.07. The summed E-state index contributed by atoms with van der Waals surface area (Å²) in [6, 6.07) is 9.33. The number of hydrogen-bond donors (Lipinski definition) is 2. The van der Waals surface area contributed by atoms with E-state index in [4.69, 9.17) is 5.73 Å². The first kappa shape index (κ1) is 16.8. The second-order valence-electron chi connectivity index (χ2n) is 5.61. The lowest BCUT2D eigenvalue weighted by molar-refractivity contribution is 0.200. The van der Waals surface area contributed by atoms with E-state index < -0.39 is 6.09 Å². The molecule has 128 valence electrons. The van der Waals surface area contributed by atoms with Crippen LogP contribution in [0.25, 0.3) is 22.0 Å². The summed E-state index contributed by atoms with van der Waals surface area (Å²) in [5.74, 6) is 0.334. The standard InChI is InChI=1S/C17H17N5O2S/c1-10(2)22(17(23)24)13-9-20-16(25-13)12-8-19-15(18)14(21-12)11-6-4-3-5-7-11/h3-10H,1-2H3,(H2,18,19)(H,23,24). The van der Waals surface area contributed by atoms with Gasteiger partial charge >= 0.3 is 6.09 Å². The molecule has 3 rings (SSSR count). The summed E-state index contributed by atoms with van der Waals surface area (Å²) in [5, 5.41) is 10.5. The van der Waals surface area contributed by atoms with Crippen LogP contribution in [0.1, 0.15) is 13.8 Å². The van der Waals surface area contributed by atoms with Crippen LogP contribution in [-0.2, 0) is 0 Å². The summed E-state index contributed by atoms with van der Waals surface area (Å²) in [4.78, 5) is 25.8. The number of thiazole rings is 1. The molecule has 0 atom stereocenters. The molecule has 0 saturated carbocycles. The van der Waals surface area contributed by atoms with E-state index in [1.54, 1.807) is 6.20 Å². The molecule has 1 aromatic carbocycles. The average Bonchev–Trinajstić information content (AvgIpc) is 3.05. The van der Waals surface area contributed by atoms with Crippen molar-refractivity contribution >= 4 is 28.2 Å². The van der Waals surface area contributed by atoms with Gasteiger partial charge in [-0.1, -0.05) is 41.7 Å². The zero-order valence-electron chi connectivity index (χ0n) is 13.7. The Labute approximate surface area is 148 Å². The molecule has 0 aliphatic heterocycles. The highest BCUT2D eigenvalue weighted by Gasteiger charge is 2.21. The van der Waals surface area contributed by atoms with E-state index in [2.05, 4.69) is 15.0 Å². The van der Waals surface area contributed by atoms with Crippen LogP contribution < -0.4 is 10.6 Å². The zero-order valence-corrected chi connectivity index (χ0v) is 14.6. The molecule has 0 fully saturated rings. The Morgan fingerprint density at radius 1 is 1.20 bits per heavy atom. The minimum atomic E-state index is -1.02. The summed E-state index contributed by atoms with van der Waals surface area (Å²) in [6.45, 7) is 3.62. The van der Waals surface area contributed by atoms with Crippen molar-refractivity contribution in [1.29, 1.82) is 0 Å². The van der Waals surface area contributed by atoms with Crippen LogP contribution >= 0.6 is 11.3 Å². The van der Waals surface area contributed by atoms with Gasteiger partial charge in [-0.25, -0.2) is 19.7 Å². The first-order valence-electron chi connectivity index (χ1n) is 7.63. The highest BCUT2D eigenvalue weighted by molar-refractivity contribution is 7.19. The Balaban J connectivity index is 2.00. The largest absolute Gasteiger partial charge is 0.465 e. The van der Waals surface area contributed by atoms with Gasteiger partial charge in [-0.05, 0) is 13.8 Å². The topological polar surface area (TPSA) is 105 Å². The van der Waals surface area contributed by atoms with Crippen molar-refractivity contribution in [2.45, 2.75) is 19.9 Å². The summed E-state index contributed by atoms with van der Waals surface area (Å²) in [5.41, 5.74) is 7.95. The molecule has 3 aromatic rings. The van der Waals surface area contributed by atoms with Crippen LogP contribution in [0.3, 0.4) is 0 Å². The van der Waals surface area contributed by atoms with Gasteiger partial charge in [0.05, 0.1) is 12.4 Å². The fraction of sp³-hybridized carbons (Fsp3) is 0.176. The number of hydrogen-bond acceptors (Lipinski definition) is 6. The molecule has 3 N–H and O–H groups in total. The van der Waals surface area contributed by atoms with Gasteiger partial charge in [0.1, 0.15) is 27.2 Å². The lowest BCUT2D eigenvalue weighted by Crippen LogP contribution is -2.34. The molecule has 0 aliphatic rings. The van der Waals surface area contributed by atoms with Gasteiger partial charge in [-0.2, -0.15) is 0 Å². The maximum atomic E-state index is 11.4. The maximum Gasteiger partial charge on any atom is 0.412 e. The Kier molecular flexibility index (Phi) is 4.62. The van der Waals surface area contributed by atoms with Crippen LogP contribution in [0, 0.1) is 0 Å². The molecule has 8 heteroatoms. The monoisotopic (exact) mass is 355 g/mol. The zero-order chi connectivity index (χ0) is 18.0. The number of rotatable bonds is 4. The fourth-order valence-corrected chi connectivity index (χ4v) is 3.37. The van der Waals surface area contributed by atoms with Crippen LogP contribution in [0.15, 0.2) is 42.7 Å². The summed E-state index contributed by atoms with van der Waals surface area (Å²) >= 11 is 1.25. The molecule has 0 unspecified atom stereocenters. The third-order valence-corrected chi connectivity index (χ3v) is 4.54. The number of carbonyl (C=O) groups is 1. The highest BCUT2D eigenvalue weighted by atomic mass is 32.1. The van der Waals surface area contributed by atoms with Gasteiger partial charge in [-0.15, -0.1) is 0 Å². The third kappa shape index (κ3) is 3.43. The molecule has 1 amide bonds. The van der Waals surface area contributed by atoms with Crippen molar-refractivity contribution in [3.63, 3.8) is 0 Å². The van der Waals surface area contributed by atoms with Gasteiger partial charge in [-0.3, -0.25) is 4.90 Å². The first-order valence-corrected chi connectivity index (χ1v) is 8.45. The quantitative estimate of drug-likeness (QED) is 0.738. The molecular weight excluding hydrogens is 338 g/mol. The predicted octanol–water partition coefficient (Wildman–Crippen LogP) is 3.74. The Hall–Kier alpha value is -3.00. The molecule has 0 radical (unpaired) electrons. The molecule has 7 nitrogen and oxygen atoms in total. The Morgan fingerprint density at radius 3 is 2.56 bits per heavy atom. The minimum Gasteiger partial charge on any atom is -0.465 e. The maximum absolute atomic E-state index is 11.4. The van der Waals surface area contributed by atoms with Gasteiger partial charge in [0, 0.05) is 11.6 Å². The van der Waals surface area contributed by atoms with Gasteiger partial charge < -0.3 is 10.8 Å². The molecule has 0 aliphatic carbocycles. The van der Waals surface area contributed by atoms with Crippen LogP contribution in [-0.4, -0.2) is 32.2 Å². The number of aromatic nitrogens is 3. The smallest absolute Gasteiger partial charge is 0.412 e. The second-order valence-corrected chi connectivity index (χ2v) is 6.61. The lowest BCUT2D eigenvalue weighted by Gasteiger charge is -2.20. The molecule has 0 saturated heterocycles. The number of carboxylic acid groups (broad SMARTS) is 1. The van der Waals surface area contributed by atoms with Crippen molar-refractivity contribution in [3.05, 3.63) is 42.7 Å². The number of nitrogen functional groups attached to an aromatic ring is 1. The number of benzene rings is 1. The normalized spacial score (nSPS) is 10.8. The second kappa shape index (κ2) is 6.86. The molecule has 2 heterocycles. The highest BCUT2D eigenvalue weighted by Crippen LogP contribution is 2.32. The molecule has 2 aromatic heterocycles. The summed E-state index contributed by atoms with van der Waals surface area (Å²) in [7, 11) is 0. The van der Waals surface area contributed by atoms with E-state index in [1.807, 2.05) is 44.2 Å². The van der Waals surface area contributed by atoms with Crippen LogP contribution in [0.2, 0.25) is 0 Å². The lowest BCUT2D eigenvalue weighted by atomic mass is 10.1. The molecule has 0 bridgehead atoms. The third-order valence-electron chi connectivity index (χ3n) is 3.52. The number of anilines is 2. The van der Waals surface area contributed by atoms with Crippen LogP contribution in [0.4, 0.5) is 15.6 Å². The SMILES string of the molecule is CC(C)N(C(=O)O)c1cnc(-c2cnc(N)c(-c3ccccc3)n2)s1. The summed E-state index contributed by atoms with van der Waals surface area (Å²) < 4.78 is 0. The van der Waals surface area contributed by atoms with Gasteiger partial charge in [0.2, 0.25) is 0 Å². The number of amides is 1. The van der Waals surface area contributed by atoms with E-state index in [0.717, 1.165) is 5.56 Å². The van der Waals surface area contributed by atoms with Crippen LogP contribution in [0.5, 0.6) is 0 Å². The van der Waals surface area contributed by atoms with Crippen molar-refractivity contribution in [3.8, 4) is 22.0 Å². The van der Waals surface area contributed by atoms with E-state index >= 15 is 0 Å². The number of nitrogens with zero attached hydrogens (tertiary/aromatic N) is 4. The average molecular weight is 355 g/mol. The van der Waals surface area contributed by atoms with E-state index in [9.17, 15) is 9.90 Å².